The van der Waals surface area contributed by atoms with Gasteiger partial charge in [0.2, 0.25) is 0 Å². The molecule has 0 amide bonds. The molecule has 1 rings (SSSR count). The van der Waals surface area contributed by atoms with Gasteiger partial charge in [-0.2, -0.15) is 0 Å². The fourth-order valence-corrected chi connectivity index (χ4v) is 3.09. The molecule has 0 aromatic heterocycles. The van der Waals surface area contributed by atoms with Crippen molar-refractivity contribution in [1.82, 2.24) is 0 Å². The van der Waals surface area contributed by atoms with Gasteiger partial charge in [0, 0.05) is 5.04 Å². The first-order valence-corrected chi connectivity index (χ1v) is 7.00. The van der Waals surface area contributed by atoms with Gasteiger partial charge in [-0.25, -0.2) is 0 Å². The Morgan fingerprint density at radius 2 is 1.67 bits per heavy atom. The molecule has 12 heavy (non-hydrogen) atoms. The summed E-state index contributed by atoms with van der Waals surface area (Å²) in [5.74, 6) is 0. The molecule has 1 aliphatic rings. The second-order valence-electron chi connectivity index (χ2n) is 4.12. The lowest BCUT2D eigenvalue weighted by Gasteiger charge is -2.27. The molecule has 0 N–H and O–H groups in total. The van der Waals surface area contributed by atoms with Gasteiger partial charge < -0.3 is 0 Å². The Kier molecular flexibility index (Phi) is 2.35. The van der Waals surface area contributed by atoms with E-state index >= 15 is 0 Å². The van der Waals surface area contributed by atoms with Crippen LogP contribution in [0.4, 0.5) is 0 Å². The monoisotopic (exact) mass is 178 g/mol. The van der Waals surface area contributed by atoms with Crippen molar-refractivity contribution in [3.05, 3.63) is 22.8 Å². The van der Waals surface area contributed by atoms with Gasteiger partial charge in [-0.05, 0) is 38.0 Å². The Morgan fingerprint density at radius 3 is 1.83 bits per heavy atom. The standard InChI is InChI=1S/C11H18Si/c1-8-7-11(4,12(5)6)10(3)9(8)2/h1-6H3. The zero-order valence-corrected chi connectivity index (χ0v) is 10.0. The van der Waals surface area contributed by atoms with Crippen LogP contribution in [-0.2, 0) is 0 Å². The Balaban J connectivity index is 3.14. The highest BCUT2D eigenvalue weighted by Gasteiger charge is 2.34. The van der Waals surface area contributed by atoms with E-state index in [0.29, 0.717) is 5.04 Å². The van der Waals surface area contributed by atoms with Crippen molar-refractivity contribution in [2.24, 2.45) is 0 Å². The summed E-state index contributed by atoms with van der Waals surface area (Å²) in [5, 5.41) is 0.291. The van der Waals surface area contributed by atoms with Crippen LogP contribution in [-0.4, -0.2) is 8.80 Å². The van der Waals surface area contributed by atoms with Crippen molar-refractivity contribution >= 4 is 8.80 Å². The van der Waals surface area contributed by atoms with Crippen LogP contribution in [0.5, 0.6) is 0 Å². The maximum Gasteiger partial charge on any atom is 0.0589 e. The molecule has 0 bridgehead atoms. The van der Waals surface area contributed by atoms with E-state index in [2.05, 4.69) is 46.9 Å². The summed E-state index contributed by atoms with van der Waals surface area (Å²) in [7, 11) is -0.314. The molecule has 0 nitrogen and oxygen atoms in total. The van der Waals surface area contributed by atoms with Crippen molar-refractivity contribution in [2.45, 2.75) is 45.8 Å². The van der Waals surface area contributed by atoms with Crippen molar-refractivity contribution in [2.75, 3.05) is 0 Å². The first-order valence-electron chi connectivity index (χ1n) is 4.50. The van der Waals surface area contributed by atoms with Gasteiger partial charge in [-0.1, -0.05) is 25.6 Å². The molecule has 1 atom stereocenters. The summed E-state index contributed by atoms with van der Waals surface area (Å²) in [6.45, 7) is 13.7. The summed E-state index contributed by atoms with van der Waals surface area (Å²) in [4.78, 5) is 0. The maximum absolute atomic E-state index is 3.62. The van der Waals surface area contributed by atoms with Crippen LogP contribution in [0, 0.1) is 6.08 Å². The summed E-state index contributed by atoms with van der Waals surface area (Å²) in [6, 6.07) is 0. The van der Waals surface area contributed by atoms with E-state index in [4.69, 9.17) is 0 Å². The van der Waals surface area contributed by atoms with E-state index in [1.165, 1.54) is 11.1 Å². The van der Waals surface area contributed by atoms with E-state index in [1.54, 1.807) is 5.57 Å². The third kappa shape index (κ3) is 1.20. The van der Waals surface area contributed by atoms with E-state index in [9.17, 15) is 0 Å². The third-order valence-electron chi connectivity index (χ3n) is 3.31. The van der Waals surface area contributed by atoms with Crippen molar-refractivity contribution in [1.29, 1.82) is 0 Å². The molecular weight excluding hydrogens is 160 g/mol. The fourth-order valence-electron chi connectivity index (χ4n) is 1.72. The van der Waals surface area contributed by atoms with Crippen LogP contribution >= 0.6 is 0 Å². The predicted octanol–water partition coefficient (Wildman–Crippen LogP) is 3.60. The molecule has 0 saturated carbocycles. The lowest BCUT2D eigenvalue weighted by atomic mass is 10.0. The smallest absolute Gasteiger partial charge is 0.0589 e. The second kappa shape index (κ2) is 2.88. The van der Waals surface area contributed by atoms with Gasteiger partial charge in [-0.15, -0.1) is 0 Å². The average molecular weight is 178 g/mol. The summed E-state index contributed by atoms with van der Waals surface area (Å²) >= 11 is 0. The lowest BCUT2D eigenvalue weighted by Crippen LogP contribution is -2.22. The minimum atomic E-state index is -0.314. The Hall–Kier alpha value is -0.303. The van der Waals surface area contributed by atoms with Gasteiger partial charge in [0.1, 0.15) is 0 Å². The minimum absolute atomic E-state index is 0.291. The van der Waals surface area contributed by atoms with Gasteiger partial charge in [-0.3, -0.25) is 0 Å². The summed E-state index contributed by atoms with van der Waals surface area (Å²) in [6.07, 6.45) is 3.62. The molecule has 0 aliphatic heterocycles. The Labute approximate surface area is 78.0 Å². The zero-order valence-electron chi connectivity index (χ0n) is 9.00. The van der Waals surface area contributed by atoms with Gasteiger partial charge in [0.15, 0.2) is 0 Å². The molecule has 0 fully saturated rings. The Morgan fingerprint density at radius 1 is 1.17 bits per heavy atom. The molecule has 0 spiro atoms. The predicted molar refractivity (Wildman–Crippen MR) is 56.7 cm³/mol. The van der Waals surface area contributed by atoms with Crippen molar-refractivity contribution < 1.29 is 0 Å². The van der Waals surface area contributed by atoms with E-state index in [1.807, 2.05) is 0 Å². The van der Waals surface area contributed by atoms with Crippen LogP contribution in [0.15, 0.2) is 16.7 Å². The SMILES string of the molecule is CC1=[C]C(C)([Si](C)C)C(C)=C1C. The van der Waals surface area contributed by atoms with Gasteiger partial charge in [0.05, 0.1) is 8.80 Å². The second-order valence-corrected chi connectivity index (χ2v) is 7.12. The number of hydrogen-bond donors (Lipinski definition) is 0. The molecule has 0 aromatic carbocycles. The van der Waals surface area contributed by atoms with Gasteiger partial charge in [0.25, 0.3) is 0 Å². The maximum atomic E-state index is 3.62. The molecule has 66 valence electrons. The van der Waals surface area contributed by atoms with Crippen LogP contribution < -0.4 is 0 Å². The molecule has 0 aromatic rings. The number of rotatable bonds is 1. The quantitative estimate of drug-likeness (QED) is 0.538. The highest BCUT2D eigenvalue weighted by Crippen LogP contribution is 2.47. The normalized spacial score (nSPS) is 30.1. The van der Waals surface area contributed by atoms with E-state index in [0.717, 1.165) is 0 Å². The van der Waals surface area contributed by atoms with E-state index < -0.39 is 0 Å². The van der Waals surface area contributed by atoms with Crippen LogP contribution in [0.3, 0.4) is 0 Å². The summed E-state index contributed by atoms with van der Waals surface area (Å²) < 4.78 is 0. The van der Waals surface area contributed by atoms with Crippen LogP contribution in [0.25, 0.3) is 0 Å². The third-order valence-corrected chi connectivity index (χ3v) is 5.81. The topological polar surface area (TPSA) is 0 Å². The highest BCUT2D eigenvalue weighted by atomic mass is 28.3. The molecule has 2 radical (unpaired) electrons. The molecular formula is C11H18Si. The van der Waals surface area contributed by atoms with E-state index in [-0.39, 0.29) is 8.80 Å². The number of hydrogen-bond acceptors (Lipinski definition) is 0. The van der Waals surface area contributed by atoms with Crippen molar-refractivity contribution in [3.63, 3.8) is 0 Å². The largest absolute Gasteiger partial charge is 0.0702 e. The van der Waals surface area contributed by atoms with Crippen LogP contribution in [0.2, 0.25) is 18.1 Å². The molecule has 0 heterocycles. The molecule has 0 saturated heterocycles. The lowest BCUT2D eigenvalue weighted by molar-refractivity contribution is 0.850. The first kappa shape index (κ1) is 9.78. The zero-order chi connectivity index (χ0) is 9.52. The van der Waals surface area contributed by atoms with Crippen LogP contribution in [0.1, 0.15) is 27.7 Å². The van der Waals surface area contributed by atoms with Gasteiger partial charge >= 0.3 is 0 Å². The highest BCUT2D eigenvalue weighted by molar-refractivity contribution is 6.61. The Bertz CT molecular complexity index is 258. The first-order chi connectivity index (χ1) is 5.39. The molecule has 1 unspecified atom stereocenters. The molecule has 1 aliphatic carbocycles. The average Bonchev–Trinajstić information content (AvgIpc) is 2.17. The molecule has 1 heteroatoms. The minimum Gasteiger partial charge on any atom is -0.0702 e. The fraction of sp³-hybridized carbons (Fsp3) is 0.636. The van der Waals surface area contributed by atoms with Crippen molar-refractivity contribution in [3.8, 4) is 0 Å². The number of allylic oxidation sites excluding steroid dienone is 4. The summed E-state index contributed by atoms with van der Waals surface area (Å²) in [5.41, 5.74) is 4.36.